The van der Waals surface area contributed by atoms with Gasteiger partial charge in [0, 0.05) is 0 Å². The van der Waals surface area contributed by atoms with Crippen molar-refractivity contribution in [1.29, 1.82) is 0 Å². The van der Waals surface area contributed by atoms with Crippen LogP contribution in [0.3, 0.4) is 0 Å². The van der Waals surface area contributed by atoms with Crippen LogP contribution in [0.4, 0.5) is 0 Å². The van der Waals surface area contributed by atoms with Gasteiger partial charge in [0.15, 0.2) is 0 Å². The Labute approximate surface area is 80.5 Å². The second-order valence-corrected chi connectivity index (χ2v) is 5.91. The van der Waals surface area contributed by atoms with Crippen LogP contribution in [-0.2, 0) is 0 Å². The van der Waals surface area contributed by atoms with Crippen molar-refractivity contribution in [3.05, 3.63) is 0 Å². The van der Waals surface area contributed by atoms with E-state index in [0.717, 1.165) is 18.8 Å². The van der Waals surface area contributed by atoms with Gasteiger partial charge < -0.3 is 5.11 Å². The lowest BCUT2D eigenvalue weighted by Gasteiger charge is -2.47. The molecule has 0 saturated heterocycles. The third kappa shape index (κ3) is 0.918. The number of aliphatic hydroxyl groups excluding tert-OH is 1. The summed E-state index contributed by atoms with van der Waals surface area (Å²) in [4.78, 5) is 0. The van der Waals surface area contributed by atoms with Gasteiger partial charge >= 0.3 is 0 Å². The first kappa shape index (κ1) is 8.28. The van der Waals surface area contributed by atoms with Crippen LogP contribution in [0, 0.1) is 16.7 Å². The molecule has 3 rings (SSSR count). The highest BCUT2D eigenvalue weighted by atomic mass is 16.3. The summed E-state index contributed by atoms with van der Waals surface area (Å²) in [6.07, 6.45) is 9.23. The molecule has 0 aromatic rings. The summed E-state index contributed by atoms with van der Waals surface area (Å²) in [7, 11) is 0. The number of rotatable bonds is 0. The van der Waals surface area contributed by atoms with Crippen LogP contribution in [-0.4, -0.2) is 11.2 Å². The van der Waals surface area contributed by atoms with E-state index >= 15 is 0 Å². The van der Waals surface area contributed by atoms with Gasteiger partial charge in [0.25, 0.3) is 0 Å². The normalized spacial score (nSPS) is 59.5. The van der Waals surface area contributed by atoms with E-state index in [4.69, 9.17) is 0 Å². The van der Waals surface area contributed by atoms with Gasteiger partial charge in [-0.1, -0.05) is 13.3 Å². The summed E-state index contributed by atoms with van der Waals surface area (Å²) >= 11 is 0. The zero-order chi connectivity index (χ0) is 9.10. The molecular weight excluding hydrogens is 160 g/mol. The van der Waals surface area contributed by atoms with E-state index in [1.807, 2.05) is 0 Å². The first-order valence-electron chi connectivity index (χ1n) is 5.84. The molecule has 1 heteroatoms. The molecule has 0 aromatic carbocycles. The molecule has 0 bridgehead atoms. The molecule has 4 atom stereocenters. The average molecular weight is 180 g/mol. The predicted molar refractivity (Wildman–Crippen MR) is 52.4 cm³/mol. The zero-order valence-corrected chi connectivity index (χ0v) is 8.55. The maximum absolute atomic E-state index is 9.75. The summed E-state index contributed by atoms with van der Waals surface area (Å²) in [6.45, 7) is 2.48. The van der Waals surface area contributed by atoms with E-state index in [-0.39, 0.29) is 6.10 Å². The Morgan fingerprint density at radius 2 is 2.00 bits per heavy atom. The van der Waals surface area contributed by atoms with E-state index in [1.54, 1.807) is 0 Å². The van der Waals surface area contributed by atoms with Crippen molar-refractivity contribution in [1.82, 2.24) is 0 Å². The fourth-order valence-corrected chi connectivity index (χ4v) is 4.36. The fourth-order valence-electron chi connectivity index (χ4n) is 4.36. The highest BCUT2D eigenvalue weighted by molar-refractivity contribution is 5.16. The average Bonchev–Trinajstić information content (AvgIpc) is 2.77. The fraction of sp³-hybridized carbons (Fsp3) is 1.00. The molecule has 3 aliphatic carbocycles. The van der Waals surface area contributed by atoms with Crippen molar-refractivity contribution in [3.8, 4) is 0 Å². The van der Waals surface area contributed by atoms with E-state index in [1.165, 1.54) is 32.1 Å². The summed E-state index contributed by atoms with van der Waals surface area (Å²) in [5.74, 6) is 0.987. The van der Waals surface area contributed by atoms with Crippen molar-refractivity contribution in [2.75, 3.05) is 0 Å². The molecule has 3 saturated carbocycles. The first-order chi connectivity index (χ1) is 6.16. The summed E-state index contributed by atoms with van der Waals surface area (Å²) in [5, 5.41) is 9.75. The minimum Gasteiger partial charge on any atom is -0.393 e. The minimum absolute atomic E-state index is 0.0242. The smallest absolute Gasteiger partial charge is 0.0546 e. The summed E-state index contributed by atoms with van der Waals surface area (Å²) in [6, 6.07) is 0. The van der Waals surface area contributed by atoms with Crippen molar-refractivity contribution in [3.63, 3.8) is 0 Å². The summed E-state index contributed by atoms with van der Waals surface area (Å²) in [5.41, 5.74) is 1.21. The van der Waals surface area contributed by atoms with Crippen LogP contribution >= 0.6 is 0 Å². The molecule has 1 N–H and O–H groups in total. The number of hydrogen-bond acceptors (Lipinski definition) is 1. The Bertz CT molecular complexity index is 237. The molecule has 0 amide bonds. The molecule has 1 nitrogen and oxygen atoms in total. The van der Waals surface area contributed by atoms with Gasteiger partial charge in [-0.15, -0.1) is 0 Å². The van der Waals surface area contributed by atoms with E-state index in [9.17, 15) is 5.11 Å². The SMILES string of the molecule is C[C@]12CCC[C@H]3C[C@]31C[C@@H](O)CC2. The molecule has 1 spiro atoms. The molecular formula is C12H20O. The van der Waals surface area contributed by atoms with Gasteiger partial charge in [0.2, 0.25) is 0 Å². The molecule has 0 radical (unpaired) electrons. The lowest BCUT2D eigenvalue weighted by Crippen LogP contribution is -2.41. The Kier molecular flexibility index (Phi) is 1.47. The van der Waals surface area contributed by atoms with Crippen molar-refractivity contribution in [2.45, 2.75) is 58.0 Å². The quantitative estimate of drug-likeness (QED) is 0.607. The van der Waals surface area contributed by atoms with Gasteiger partial charge in [-0.25, -0.2) is 0 Å². The topological polar surface area (TPSA) is 20.2 Å². The highest BCUT2D eigenvalue weighted by Gasteiger charge is 2.66. The monoisotopic (exact) mass is 180 g/mol. The molecule has 0 aliphatic heterocycles. The van der Waals surface area contributed by atoms with E-state index < -0.39 is 0 Å². The van der Waals surface area contributed by atoms with Crippen molar-refractivity contribution < 1.29 is 5.11 Å². The van der Waals surface area contributed by atoms with Crippen LogP contribution in [0.25, 0.3) is 0 Å². The third-order valence-corrected chi connectivity index (χ3v) is 5.34. The van der Waals surface area contributed by atoms with Crippen LogP contribution in [0.5, 0.6) is 0 Å². The Morgan fingerprint density at radius 1 is 1.15 bits per heavy atom. The number of hydrogen-bond donors (Lipinski definition) is 1. The molecule has 13 heavy (non-hydrogen) atoms. The maximum atomic E-state index is 9.75. The predicted octanol–water partition coefficient (Wildman–Crippen LogP) is 2.73. The van der Waals surface area contributed by atoms with E-state index in [0.29, 0.717) is 10.8 Å². The molecule has 3 fully saturated rings. The molecule has 0 aromatic heterocycles. The highest BCUT2D eigenvalue weighted by Crippen LogP contribution is 2.74. The maximum Gasteiger partial charge on any atom is 0.0546 e. The second kappa shape index (κ2) is 2.31. The molecule has 3 aliphatic rings. The largest absolute Gasteiger partial charge is 0.393 e. The van der Waals surface area contributed by atoms with Gasteiger partial charge in [-0.2, -0.15) is 0 Å². The van der Waals surface area contributed by atoms with Crippen LogP contribution < -0.4 is 0 Å². The Balaban J connectivity index is 1.91. The Morgan fingerprint density at radius 3 is 2.85 bits per heavy atom. The Hall–Kier alpha value is -0.0400. The minimum atomic E-state index is 0.0242. The zero-order valence-electron chi connectivity index (χ0n) is 8.55. The molecule has 0 heterocycles. The molecule has 0 unspecified atom stereocenters. The second-order valence-electron chi connectivity index (χ2n) is 5.91. The van der Waals surface area contributed by atoms with Gasteiger partial charge in [0.1, 0.15) is 0 Å². The van der Waals surface area contributed by atoms with Gasteiger partial charge in [0.05, 0.1) is 6.10 Å². The van der Waals surface area contributed by atoms with Crippen molar-refractivity contribution in [2.24, 2.45) is 16.7 Å². The summed E-state index contributed by atoms with van der Waals surface area (Å²) < 4.78 is 0. The van der Waals surface area contributed by atoms with Crippen molar-refractivity contribution >= 4 is 0 Å². The number of aliphatic hydroxyl groups is 1. The van der Waals surface area contributed by atoms with Crippen LogP contribution in [0.2, 0.25) is 0 Å². The van der Waals surface area contributed by atoms with Gasteiger partial charge in [-0.05, 0) is 55.3 Å². The molecule has 74 valence electrons. The first-order valence-corrected chi connectivity index (χ1v) is 5.84. The van der Waals surface area contributed by atoms with Gasteiger partial charge in [-0.3, -0.25) is 0 Å². The standard InChI is InChI=1S/C12H20O/c1-11-5-2-3-9-7-12(9,11)8-10(13)4-6-11/h9-10,13H,2-8H2,1H3/t9-,10-,11+,12-/m0/s1. The lowest BCUT2D eigenvalue weighted by molar-refractivity contribution is -0.0255. The third-order valence-electron chi connectivity index (χ3n) is 5.34. The lowest BCUT2D eigenvalue weighted by atomic mass is 9.58. The van der Waals surface area contributed by atoms with E-state index in [2.05, 4.69) is 6.92 Å². The van der Waals surface area contributed by atoms with Crippen LogP contribution in [0.1, 0.15) is 51.9 Å². The van der Waals surface area contributed by atoms with Crippen LogP contribution in [0.15, 0.2) is 0 Å².